The highest BCUT2D eigenvalue weighted by atomic mass is 16.5. The zero-order valence-electron chi connectivity index (χ0n) is 16.3. The van der Waals surface area contributed by atoms with Crippen LogP contribution in [-0.2, 0) is 14.4 Å². The van der Waals surface area contributed by atoms with Crippen molar-refractivity contribution in [2.45, 2.75) is 91.5 Å². The normalized spacial score (nSPS) is 11.8. The molecule has 7 nitrogen and oxygen atoms in total. The molecule has 0 bridgehead atoms. The van der Waals surface area contributed by atoms with E-state index in [9.17, 15) is 19.6 Å². The molecule has 0 rings (SSSR count). The number of amides is 1. The fourth-order valence-electron chi connectivity index (χ4n) is 2.57. The summed E-state index contributed by atoms with van der Waals surface area (Å²) in [6.07, 6.45) is 7.26. The minimum absolute atomic E-state index is 0. The van der Waals surface area contributed by atoms with E-state index in [1.165, 1.54) is 0 Å². The van der Waals surface area contributed by atoms with Gasteiger partial charge < -0.3 is 10.8 Å². The number of aliphatic hydroxyl groups excluding tert-OH is 1. The van der Waals surface area contributed by atoms with Crippen LogP contribution in [0.2, 0.25) is 0 Å². The largest absolute Gasteiger partial charge is 0.394 e. The molecule has 0 aliphatic rings. The fraction of sp³-hybridized carbons (Fsp3) is 0.850. The van der Waals surface area contributed by atoms with E-state index in [1.54, 1.807) is 0 Å². The van der Waals surface area contributed by atoms with Crippen molar-refractivity contribution < 1.29 is 24.7 Å². The van der Waals surface area contributed by atoms with Crippen LogP contribution in [0.3, 0.4) is 0 Å². The predicted molar refractivity (Wildman–Crippen MR) is 106 cm³/mol. The first kappa shape index (κ1) is 27.9. The van der Waals surface area contributed by atoms with Crippen LogP contribution in [0.15, 0.2) is 0 Å². The van der Waals surface area contributed by atoms with Crippen LogP contribution in [0.4, 0.5) is 0 Å². The monoisotopic (exact) mass is 388 g/mol. The Balaban J connectivity index is 0. The Labute approximate surface area is 164 Å². The van der Waals surface area contributed by atoms with Crippen molar-refractivity contribution >= 4 is 17.5 Å². The molecule has 0 aliphatic heterocycles. The number of rotatable bonds is 16. The zero-order chi connectivity index (χ0) is 19.9. The van der Waals surface area contributed by atoms with Crippen molar-refractivity contribution in [2.75, 3.05) is 13.2 Å². The Morgan fingerprint density at radius 3 is 1.85 bits per heavy atom. The molecule has 4 N–H and O–H groups in total. The van der Waals surface area contributed by atoms with Gasteiger partial charge in [-0.1, -0.05) is 40.5 Å². The number of hydroxylamine groups is 2. The molecule has 160 valence electrons. The second kappa shape index (κ2) is 16.8. The van der Waals surface area contributed by atoms with E-state index >= 15 is 0 Å². The van der Waals surface area contributed by atoms with Crippen molar-refractivity contribution in [3.8, 4) is 0 Å². The quantitative estimate of drug-likeness (QED) is 0.212. The highest BCUT2D eigenvalue weighted by Crippen LogP contribution is 2.11. The summed E-state index contributed by atoms with van der Waals surface area (Å²) in [5.74, 6) is 0.149. The summed E-state index contributed by atoms with van der Waals surface area (Å²) in [6, 6.07) is -1.16. The lowest BCUT2D eigenvalue weighted by molar-refractivity contribution is -0.168. The topological polar surface area (TPSA) is 121 Å². The number of hydrogen-bond donors (Lipinski definition) is 3. The predicted octanol–water partition coefficient (Wildman–Crippen LogP) is 2.86. The third-order valence-electron chi connectivity index (χ3n) is 4.27. The highest BCUT2D eigenvalue weighted by Gasteiger charge is 2.19. The van der Waals surface area contributed by atoms with E-state index in [0.29, 0.717) is 36.0 Å². The molecule has 1 amide bonds. The Morgan fingerprint density at radius 2 is 1.37 bits per heavy atom. The molecule has 0 fully saturated rings. The molecule has 1 atom stereocenters. The van der Waals surface area contributed by atoms with Crippen molar-refractivity contribution in [3.63, 3.8) is 0 Å². The Kier molecular flexibility index (Phi) is 17.4. The van der Waals surface area contributed by atoms with E-state index in [2.05, 4.69) is 13.8 Å². The Bertz CT molecular complexity index is 427. The lowest BCUT2D eigenvalue weighted by atomic mass is 10.0. The van der Waals surface area contributed by atoms with Crippen LogP contribution < -0.4 is 5.73 Å². The first-order valence-electron chi connectivity index (χ1n) is 9.68. The van der Waals surface area contributed by atoms with Gasteiger partial charge in [0.05, 0.1) is 13.2 Å². The van der Waals surface area contributed by atoms with Crippen LogP contribution in [0.25, 0.3) is 0 Å². The van der Waals surface area contributed by atoms with Crippen LogP contribution in [0.1, 0.15) is 85.5 Å². The third kappa shape index (κ3) is 15.4. The maximum absolute atomic E-state index is 11.7. The molecule has 0 aliphatic carbocycles. The lowest BCUT2D eigenvalue weighted by Gasteiger charge is -2.17. The Hall–Kier alpha value is -1.31. The number of aliphatic hydroxyl groups is 1. The summed E-state index contributed by atoms with van der Waals surface area (Å²) in [7, 11) is 0. The zero-order valence-corrected chi connectivity index (χ0v) is 16.3. The molecule has 1 unspecified atom stereocenters. The average Bonchev–Trinajstić information content (AvgIpc) is 2.60. The van der Waals surface area contributed by atoms with Gasteiger partial charge in [-0.15, -0.1) is 0 Å². The molecule has 0 radical (unpaired) electrons. The van der Waals surface area contributed by atoms with Gasteiger partial charge in [0.1, 0.15) is 17.6 Å². The number of nitrogens with two attached hydrogens (primary N) is 1. The van der Waals surface area contributed by atoms with Gasteiger partial charge in [0.25, 0.3) is 5.91 Å². The van der Waals surface area contributed by atoms with Crippen LogP contribution >= 0.6 is 0 Å². The molecule has 0 heterocycles. The van der Waals surface area contributed by atoms with Gasteiger partial charge in [0.15, 0.2) is 0 Å². The highest BCUT2D eigenvalue weighted by molar-refractivity contribution is 5.82. The maximum atomic E-state index is 11.7. The van der Waals surface area contributed by atoms with Gasteiger partial charge in [-0.3, -0.25) is 19.6 Å². The van der Waals surface area contributed by atoms with Crippen molar-refractivity contribution in [3.05, 3.63) is 0 Å². The minimum Gasteiger partial charge on any atom is -0.394 e. The average molecular weight is 389 g/mol. The molecule has 0 aromatic rings. The Morgan fingerprint density at radius 1 is 0.889 bits per heavy atom. The maximum Gasteiger partial charge on any atom is 0.265 e. The van der Waals surface area contributed by atoms with Gasteiger partial charge in [-0.05, 0) is 25.2 Å². The van der Waals surface area contributed by atoms with Crippen LogP contribution in [-0.4, -0.2) is 52.0 Å². The van der Waals surface area contributed by atoms with E-state index in [4.69, 9.17) is 10.8 Å². The lowest BCUT2D eigenvalue weighted by Crippen LogP contribution is -2.44. The molecule has 0 aromatic heterocycles. The van der Waals surface area contributed by atoms with E-state index < -0.39 is 18.6 Å². The molecule has 7 heteroatoms. The summed E-state index contributed by atoms with van der Waals surface area (Å²) < 4.78 is 0. The van der Waals surface area contributed by atoms with Gasteiger partial charge in [0.2, 0.25) is 0 Å². The summed E-state index contributed by atoms with van der Waals surface area (Å²) >= 11 is 0. The molecule has 0 saturated carbocycles. The molecule has 0 aromatic carbocycles. The third-order valence-corrected chi connectivity index (χ3v) is 4.27. The number of carbonyl (C=O) groups is 3. The number of Topliss-reactive ketones (excluding diaryl/α,β-unsaturated/α-hetero) is 2. The standard InChI is InChI=1S/C19H36N2O5.CH4/c1-15(2)8-7-11-16(23)9-5-3-4-6-10-17(24)12-13-21(26)19(25)18(20)14-22;/h15,18,22,26H,3-14,20H2,1-2H3;1H4. The number of unbranched alkanes of at least 4 members (excludes halogenated alkanes) is 3. The van der Waals surface area contributed by atoms with Crippen LogP contribution in [0.5, 0.6) is 0 Å². The summed E-state index contributed by atoms with van der Waals surface area (Å²) in [6.45, 7) is 3.65. The second-order valence-electron chi connectivity index (χ2n) is 7.28. The molecule has 27 heavy (non-hydrogen) atoms. The molecule has 0 spiro atoms. The van der Waals surface area contributed by atoms with E-state index in [-0.39, 0.29) is 26.2 Å². The van der Waals surface area contributed by atoms with Gasteiger partial charge in [-0.2, -0.15) is 0 Å². The summed E-state index contributed by atoms with van der Waals surface area (Å²) in [4.78, 5) is 34.9. The van der Waals surface area contributed by atoms with Crippen molar-refractivity contribution in [2.24, 2.45) is 11.7 Å². The minimum atomic E-state index is -1.16. The SMILES string of the molecule is C.CC(C)CCCC(=O)CCCCCCC(=O)CCN(O)C(=O)C(N)CO. The summed E-state index contributed by atoms with van der Waals surface area (Å²) in [5, 5.41) is 18.6. The summed E-state index contributed by atoms with van der Waals surface area (Å²) in [5.41, 5.74) is 5.30. The van der Waals surface area contributed by atoms with Crippen LogP contribution in [0, 0.1) is 5.92 Å². The van der Waals surface area contributed by atoms with Crippen molar-refractivity contribution in [1.29, 1.82) is 0 Å². The van der Waals surface area contributed by atoms with Gasteiger partial charge in [-0.25, -0.2) is 5.06 Å². The fourth-order valence-corrected chi connectivity index (χ4v) is 2.57. The molecular weight excluding hydrogens is 348 g/mol. The second-order valence-corrected chi connectivity index (χ2v) is 7.28. The number of carbonyl (C=O) groups excluding carboxylic acids is 3. The number of ketones is 2. The smallest absolute Gasteiger partial charge is 0.265 e. The number of nitrogens with zero attached hydrogens (tertiary/aromatic N) is 1. The van der Waals surface area contributed by atoms with E-state index in [1.807, 2.05) is 0 Å². The van der Waals surface area contributed by atoms with E-state index in [0.717, 1.165) is 38.5 Å². The van der Waals surface area contributed by atoms with Gasteiger partial charge >= 0.3 is 0 Å². The molecule has 0 saturated heterocycles. The molecular formula is C20H40N2O5. The first-order valence-corrected chi connectivity index (χ1v) is 9.68. The first-order chi connectivity index (χ1) is 12.3. The van der Waals surface area contributed by atoms with Gasteiger partial charge in [0, 0.05) is 25.7 Å². The van der Waals surface area contributed by atoms with Crippen molar-refractivity contribution in [1.82, 2.24) is 5.06 Å². The number of hydrogen-bond acceptors (Lipinski definition) is 6.